The normalized spacial score (nSPS) is 13.9. The molecule has 0 atom stereocenters. The van der Waals surface area contributed by atoms with E-state index in [0.29, 0.717) is 18.7 Å². The summed E-state index contributed by atoms with van der Waals surface area (Å²) in [6, 6.07) is 24.0. The molecule has 1 fully saturated rings. The Bertz CT molecular complexity index is 1250. The van der Waals surface area contributed by atoms with E-state index < -0.39 is 0 Å². The number of para-hydroxylation sites is 2. The third-order valence-electron chi connectivity index (χ3n) is 6.05. The molecule has 0 saturated carbocycles. The van der Waals surface area contributed by atoms with Crippen LogP contribution in [0.2, 0.25) is 0 Å². The predicted molar refractivity (Wildman–Crippen MR) is 128 cm³/mol. The van der Waals surface area contributed by atoms with E-state index in [0.717, 1.165) is 48.5 Å². The van der Waals surface area contributed by atoms with Crippen LogP contribution < -0.4 is 4.90 Å². The van der Waals surface area contributed by atoms with Crippen molar-refractivity contribution in [2.75, 3.05) is 38.3 Å². The van der Waals surface area contributed by atoms with Gasteiger partial charge < -0.3 is 14.5 Å². The summed E-state index contributed by atoms with van der Waals surface area (Å²) in [4.78, 5) is 17.2. The lowest BCUT2D eigenvalue weighted by molar-refractivity contribution is 0.0785. The van der Waals surface area contributed by atoms with Crippen LogP contribution in [0.5, 0.6) is 0 Å². The van der Waals surface area contributed by atoms with Crippen LogP contribution in [0.25, 0.3) is 11.0 Å². The summed E-state index contributed by atoms with van der Waals surface area (Å²) >= 11 is 0. The molecule has 0 N–H and O–H groups in total. The highest BCUT2D eigenvalue weighted by Gasteiger charge is 2.18. The van der Waals surface area contributed by atoms with Crippen LogP contribution >= 0.6 is 0 Å². The van der Waals surface area contributed by atoms with Gasteiger partial charge in [-0.3, -0.25) is 4.79 Å². The number of fused-ring (bicyclic) bond motifs is 1. The molecule has 4 aromatic rings. The minimum atomic E-state index is 0.00420. The summed E-state index contributed by atoms with van der Waals surface area (Å²) in [6.07, 6.45) is 0. The fraction of sp³-hybridized carbons (Fsp3) is 0.269. The topological polar surface area (TPSA) is 63.5 Å². The molecule has 0 aliphatic carbocycles. The van der Waals surface area contributed by atoms with Crippen LogP contribution in [0, 0.1) is 0 Å². The number of rotatable bonds is 6. The predicted octanol–water partition coefficient (Wildman–Crippen LogP) is 3.59. The number of carbonyl (C=O) groups excluding carboxylic acids is 1. The minimum absolute atomic E-state index is 0.00420. The Kier molecular flexibility index (Phi) is 6.04. The highest BCUT2D eigenvalue weighted by atomic mass is 16.5. The number of nitrogens with zero attached hydrogens (tertiary/aromatic N) is 5. The van der Waals surface area contributed by atoms with E-state index in [9.17, 15) is 4.79 Å². The van der Waals surface area contributed by atoms with E-state index in [-0.39, 0.29) is 5.91 Å². The van der Waals surface area contributed by atoms with Gasteiger partial charge in [-0.2, -0.15) is 0 Å². The average Bonchev–Trinajstić information content (AvgIpc) is 3.28. The third kappa shape index (κ3) is 4.59. The largest absolute Gasteiger partial charge is 0.378 e. The fourth-order valence-corrected chi connectivity index (χ4v) is 4.26. The Morgan fingerprint density at radius 2 is 1.70 bits per heavy atom. The number of amides is 1. The van der Waals surface area contributed by atoms with Crippen LogP contribution in [0.4, 0.5) is 5.69 Å². The molecule has 2 heterocycles. The quantitative estimate of drug-likeness (QED) is 0.458. The second-order valence-electron chi connectivity index (χ2n) is 8.32. The van der Waals surface area contributed by atoms with Crippen molar-refractivity contribution in [2.45, 2.75) is 13.1 Å². The van der Waals surface area contributed by atoms with E-state index in [1.54, 1.807) is 4.90 Å². The van der Waals surface area contributed by atoms with Crippen LogP contribution in [0.1, 0.15) is 21.5 Å². The Labute approximate surface area is 193 Å². The van der Waals surface area contributed by atoms with Gasteiger partial charge in [0.05, 0.1) is 25.3 Å². The molecule has 33 heavy (non-hydrogen) atoms. The molecule has 0 unspecified atom stereocenters. The zero-order valence-corrected chi connectivity index (χ0v) is 18.7. The van der Waals surface area contributed by atoms with Gasteiger partial charge in [0.25, 0.3) is 5.91 Å². The van der Waals surface area contributed by atoms with Crippen molar-refractivity contribution in [3.63, 3.8) is 0 Å². The zero-order chi connectivity index (χ0) is 22.6. The number of ether oxygens (including phenoxy) is 1. The Morgan fingerprint density at radius 1 is 0.970 bits per heavy atom. The summed E-state index contributed by atoms with van der Waals surface area (Å²) in [5, 5.41) is 8.46. The smallest absolute Gasteiger partial charge is 0.253 e. The van der Waals surface area contributed by atoms with Gasteiger partial charge in [0, 0.05) is 37.9 Å². The van der Waals surface area contributed by atoms with E-state index in [1.165, 1.54) is 5.69 Å². The van der Waals surface area contributed by atoms with E-state index in [4.69, 9.17) is 4.74 Å². The molecule has 0 radical (unpaired) electrons. The number of benzene rings is 3. The van der Waals surface area contributed by atoms with Crippen molar-refractivity contribution in [3.8, 4) is 0 Å². The molecule has 0 spiro atoms. The van der Waals surface area contributed by atoms with Crippen LogP contribution in [0.3, 0.4) is 0 Å². The second-order valence-corrected chi connectivity index (χ2v) is 8.32. The van der Waals surface area contributed by atoms with Crippen molar-refractivity contribution < 1.29 is 9.53 Å². The first kappa shape index (κ1) is 21.2. The van der Waals surface area contributed by atoms with Crippen molar-refractivity contribution in [1.82, 2.24) is 19.9 Å². The van der Waals surface area contributed by atoms with Crippen LogP contribution in [0.15, 0.2) is 72.8 Å². The molecule has 7 heteroatoms. The molecule has 7 nitrogen and oxygen atoms in total. The number of morpholine rings is 1. The van der Waals surface area contributed by atoms with Crippen molar-refractivity contribution in [3.05, 3.63) is 89.5 Å². The van der Waals surface area contributed by atoms with E-state index in [2.05, 4.69) is 27.3 Å². The summed E-state index contributed by atoms with van der Waals surface area (Å²) in [6.45, 7) is 4.38. The maximum Gasteiger partial charge on any atom is 0.253 e. The van der Waals surface area contributed by atoms with Gasteiger partial charge in [0.2, 0.25) is 0 Å². The molecule has 1 aliphatic heterocycles. The summed E-state index contributed by atoms with van der Waals surface area (Å²) in [5.74, 6) is 0.00420. The zero-order valence-electron chi connectivity index (χ0n) is 18.7. The Hall–Kier alpha value is -3.71. The molecule has 1 aromatic heterocycles. The highest BCUT2D eigenvalue weighted by molar-refractivity contribution is 5.94. The molecule has 0 bridgehead atoms. The lowest BCUT2D eigenvalue weighted by atomic mass is 10.1. The lowest BCUT2D eigenvalue weighted by Crippen LogP contribution is -2.37. The Balaban J connectivity index is 1.27. The minimum Gasteiger partial charge on any atom is -0.378 e. The molecule has 5 rings (SSSR count). The average molecular weight is 442 g/mol. The lowest BCUT2D eigenvalue weighted by Gasteiger charge is -2.31. The van der Waals surface area contributed by atoms with Gasteiger partial charge in [-0.25, -0.2) is 4.68 Å². The first-order valence-electron chi connectivity index (χ1n) is 11.2. The summed E-state index contributed by atoms with van der Waals surface area (Å²) in [7, 11) is 1.86. The van der Waals surface area contributed by atoms with E-state index in [1.807, 2.05) is 72.4 Å². The number of hydrogen-bond acceptors (Lipinski definition) is 5. The molecule has 3 aromatic carbocycles. The van der Waals surface area contributed by atoms with Crippen LogP contribution in [-0.2, 0) is 17.8 Å². The summed E-state index contributed by atoms with van der Waals surface area (Å²) < 4.78 is 7.36. The van der Waals surface area contributed by atoms with Gasteiger partial charge in [0.1, 0.15) is 5.52 Å². The van der Waals surface area contributed by atoms with E-state index >= 15 is 0 Å². The maximum atomic E-state index is 13.1. The molecular formula is C26H27N5O2. The standard InChI is InChI=1S/C26H27N5O2/c1-29(19-22-6-2-4-8-24(22)30-14-16-33-17-15-30)26(32)21-12-10-20(11-13-21)18-31-25-9-5-3-7-23(25)27-28-31/h2-13H,14-19H2,1H3. The number of anilines is 1. The first-order valence-corrected chi connectivity index (χ1v) is 11.2. The molecule has 1 aliphatic rings. The monoisotopic (exact) mass is 441 g/mol. The van der Waals surface area contributed by atoms with Gasteiger partial charge in [-0.05, 0) is 41.5 Å². The maximum absolute atomic E-state index is 13.1. The molecular weight excluding hydrogens is 414 g/mol. The van der Waals surface area contributed by atoms with Crippen LogP contribution in [-0.4, -0.2) is 59.2 Å². The Morgan fingerprint density at radius 3 is 2.52 bits per heavy atom. The second kappa shape index (κ2) is 9.42. The fourth-order valence-electron chi connectivity index (χ4n) is 4.26. The third-order valence-corrected chi connectivity index (χ3v) is 6.05. The number of aromatic nitrogens is 3. The van der Waals surface area contributed by atoms with Crippen molar-refractivity contribution >= 4 is 22.6 Å². The first-order chi connectivity index (χ1) is 16.2. The van der Waals surface area contributed by atoms with Crippen molar-refractivity contribution in [1.29, 1.82) is 0 Å². The number of carbonyl (C=O) groups is 1. The number of hydrogen-bond donors (Lipinski definition) is 0. The molecule has 1 saturated heterocycles. The van der Waals surface area contributed by atoms with Gasteiger partial charge in [-0.15, -0.1) is 5.10 Å². The van der Waals surface area contributed by atoms with Gasteiger partial charge in [-0.1, -0.05) is 47.7 Å². The SMILES string of the molecule is CN(Cc1ccccc1N1CCOCC1)C(=O)c1ccc(Cn2nnc3ccccc32)cc1. The molecule has 1 amide bonds. The van der Waals surface area contributed by atoms with Crippen molar-refractivity contribution in [2.24, 2.45) is 0 Å². The summed E-state index contributed by atoms with van der Waals surface area (Å²) in [5.41, 5.74) is 5.94. The van der Waals surface area contributed by atoms with Gasteiger partial charge in [0.15, 0.2) is 0 Å². The van der Waals surface area contributed by atoms with Gasteiger partial charge >= 0.3 is 0 Å². The molecule has 168 valence electrons. The highest BCUT2D eigenvalue weighted by Crippen LogP contribution is 2.23.